The molecule has 0 bridgehead atoms. The van der Waals surface area contributed by atoms with Crippen LogP contribution in [0.5, 0.6) is 5.75 Å². The molecule has 1 aromatic rings. The Hall–Kier alpha value is -0.580. The zero-order valence-electron chi connectivity index (χ0n) is 11.7. The molecule has 0 saturated carbocycles. The third kappa shape index (κ3) is 4.20. The first-order valence-corrected chi connectivity index (χ1v) is 7.77. The lowest BCUT2D eigenvalue weighted by molar-refractivity contribution is 0.345. The molecule has 1 aliphatic heterocycles. The van der Waals surface area contributed by atoms with Crippen molar-refractivity contribution in [2.75, 3.05) is 26.7 Å². The van der Waals surface area contributed by atoms with Gasteiger partial charge in [0.15, 0.2) is 0 Å². The molecule has 1 saturated heterocycles. The predicted octanol–water partition coefficient (Wildman–Crippen LogP) is 3.11. The smallest absolute Gasteiger partial charge is 0.133 e. The van der Waals surface area contributed by atoms with Crippen molar-refractivity contribution in [3.8, 4) is 5.75 Å². The van der Waals surface area contributed by atoms with E-state index in [0.717, 1.165) is 35.8 Å². The standard InChI is InChI=1S/C15H23BrN2O/c1-11(18-10-12-5-7-17-8-6-12)13-3-4-15(19-2)14(16)9-13/h3-4,9,11-12,17-18H,5-8,10H2,1-2H3. The lowest BCUT2D eigenvalue weighted by Crippen LogP contribution is -2.34. The first-order valence-electron chi connectivity index (χ1n) is 6.98. The van der Waals surface area contributed by atoms with E-state index in [-0.39, 0.29) is 0 Å². The summed E-state index contributed by atoms with van der Waals surface area (Å²) in [6, 6.07) is 6.65. The van der Waals surface area contributed by atoms with Gasteiger partial charge in [0, 0.05) is 6.04 Å². The molecule has 0 amide bonds. The van der Waals surface area contributed by atoms with Crippen LogP contribution in [0.15, 0.2) is 22.7 Å². The molecule has 0 aliphatic carbocycles. The van der Waals surface area contributed by atoms with Crippen LogP contribution in [0.2, 0.25) is 0 Å². The van der Waals surface area contributed by atoms with Gasteiger partial charge in [0.1, 0.15) is 5.75 Å². The molecule has 1 aliphatic rings. The monoisotopic (exact) mass is 326 g/mol. The molecule has 2 N–H and O–H groups in total. The van der Waals surface area contributed by atoms with Crippen molar-refractivity contribution in [2.45, 2.75) is 25.8 Å². The zero-order valence-corrected chi connectivity index (χ0v) is 13.3. The second-order valence-corrected chi connectivity index (χ2v) is 6.07. The van der Waals surface area contributed by atoms with E-state index in [9.17, 15) is 0 Å². The number of nitrogens with one attached hydrogen (secondary N) is 2. The summed E-state index contributed by atoms with van der Waals surface area (Å²) in [6.45, 7) is 5.64. The largest absolute Gasteiger partial charge is 0.496 e. The molecule has 1 unspecified atom stereocenters. The molecule has 19 heavy (non-hydrogen) atoms. The van der Waals surface area contributed by atoms with Gasteiger partial charge in [-0.25, -0.2) is 0 Å². The number of ether oxygens (including phenoxy) is 1. The van der Waals surface area contributed by atoms with Crippen molar-refractivity contribution < 1.29 is 4.74 Å². The second kappa shape index (κ2) is 7.27. The van der Waals surface area contributed by atoms with E-state index in [1.165, 1.54) is 18.4 Å². The summed E-state index contributed by atoms with van der Waals surface area (Å²) in [5, 5.41) is 7.05. The number of hydrogen-bond donors (Lipinski definition) is 2. The molecule has 0 spiro atoms. The SMILES string of the molecule is COc1ccc(C(C)NCC2CCNCC2)cc1Br. The third-order valence-electron chi connectivity index (χ3n) is 3.85. The molecule has 4 heteroatoms. The van der Waals surface area contributed by atoms with Gasteiger partial charge in [-0.1, -0.05) is 6.07 Å². The summed E-state index contributed by atoms with van der Waals surface area (Å²) in [4.78, 5) is 0. The average Bonchev–Trinajstić information content (AvgIpc) is 2.45. The van der Waals surface area contributed by atoms with Gasteiger partial charge in [-0.05, 0) is 78.9 Å². The summed E-state index contributed by atoms with van der Waals surface area (Å²) in [5.74, 6) is 1.69. The topological polar surface area (TPSA) is 33.3 Å². The van der Waals surface area contributed by atoms with Crippen LogP contribution in [0.25, 0.3) is 0 Å². The molecule has 1 heterocycles. The second-order valence-electron chi connectivity index (χ2n) is 5.22. The van der Waals surface area contributed by atoms with Crippen LogP contribution in [0, 0.1) is 5.92 Å². The highest BCUT2D eigenvalue weighted by atomic mass is 79.9. The molecule has 1 aromatic carbocycles. The quantitative estimate of drug-likeness (QED) is 0.872. The van der Waals surface area contributed by atoms with Crippen LogP contribution in [0.3, 0.4) is 0 Å². The lowest BCUT2D eigenvalue weighted by Gasteiger charge is -2.25. The van der Waals surface area contributed by atoms with E-state index in [2.05, 4.69) is 45.6 Å². The van der Waals surface area contributed by atoms with Crippen molar-refractivity contribution in [1.29, 1.82) is 0 Å². The van der Waals surface area contributed by atoms with Gasteiger partial charge in [-0.3, -0.25) is 0 Å². The van der Waals surface area contributed by atoms with Gasteiger partial charge in [-0.2, -0.15) is 0 Å². The van der Waals surface area contributed by atoms with Crippen molar-refractivity contribution in [3.05, 3.63) is 28.2 Å². The van der Waals surface area contributed by atoms with Gasteiger partial charge < -0.3 is 15.4 Å². The van der Waals surface area contributed by atoms with Crippen LogP contribution in [0.4, 0.5) is 0 Å². The van der Waals surface area contributed by atoms with E-state index >= 15 is 0 Å². The maximum atomic E-state index is 5.26. The van der Waals surface area contributed by atoms with Crippen molar-refractivity contribution >= 4 is 15.9 Å². The Morgan fingerprint density at radius 2 is 2.16 bits per heavy atom. The third-order valence-corrected chi connectivity index (χ3v) is 4.47. The highest BCUT2D eigenvalue weighted by molar-refractivity contribution is 9.10. The minimum atomic E-state index is 0.372. The summed E-state index contributed by atoms with van der Waals surface area (Å²) >= 11 is 3.54. The predicted molar refractivity (Wildman–Crippen MR) is 82.7 cm³/mol. The maximum absolute atomic E-state index is 5.26. The van der Waals surface area contributed by atoms with Crippen LogP contribution in [-0.2, 0) is 0 Å². The fraction of sp³-hybridized carbons (Fsp3) is 0.600. The van der Waals surface area contributed by atoms with Crippen LogP contribution < -0.4 is 15.4 Å². The highest BCUT2D eigenvalue weighted by Crippen LogP contribution is 2.28. The zero-order chi connectivity index (χ0) is 13.7. The van der Waals surface area contributed by atoms with Gasteiger partial charge >= 0.3 is 0 Å². The Bertz CT molecular complexity index is 405. The Morgan fingerprint density at radius 3 is 2.79 bits per heavy atom. The van der Waals surface area contributed by atoms with E-state index in [1.807, 2.05) is 6.07 Å². The number of halogens is 1. The fourth-order valence-electron chi connectivity index (χ4n) is 2.50. The number of methoxy groups -OCH3 is 1. The minimum absolute atomic E-state index is 0.372. The number of piperidine rings is 1. The highest BCUT2D eigenvalue weighted by Gasteiger charge is 2.14. The molecule has 0 aromatic heterocycles. The fourth-order valence-corrected chi connectivity index (χ4v) is 3.06. The van der Waals surface area contributed by atoms with Crippen LogP contribution >= 0.6 is 15.9 Å². The van der Waals surface area contributed by atoms with Crippen molar-refractivity contribution in [1.82, 2.24) is 10.6 Å². The average molecular weight is 327 g/mol. The molecular weight excluding hydrogens is 304 g/mol. The van der Waals surface area contributed by atoms with Crippen LogP contribution in [-0.4, -0.2) is 26.7 Å². The molecule has 2 rings (SSSR count). The maximum Gasteiger partial charge on any atom is 0.133 e. The lowest BCUT2D eigenvalue weighted by atomic mass is 9.97. The Balaban J connectivity index is 1.88. The van der Waals surface area contributed by atoms with E-state index in [0.29, 0.717) is 6.04 Å². The van der Waals surface area contributed by atoms with Gasteiger partial charge in [0.25, 0.3) is 0 Å². The summed E-state index contributed by atoms with van der Waals surface area (Å²) < 4.78 is 6.28. The Morgan fingerprint density at radius 1 is 1.42 bits per heavy atom. The van der Waals surface area contributed by atoms with Gasteiger partial charge in [-0.15, -0.1) is 0 Å². The van der Waals surface area contributed by atoms with Gasteiger partial charge in [0.2, 0.25) is 0 Å². The van der Waals surface area contributed by atoms with E-state index in [4.69, 9.17) is 4.74 Å². The van der Waals surface area contributed by atoms with Crippen molar-refractivity contribution in [3.63, 3.8) is 0 Å². The van der Waals surface area contributed by atoms with Crippen molar-refractivity contribution in [2.24, 2.45) is 5.92 Å². The molecular formula is C15H23BrN2O. The summed E-state index contributed by atoms with van der Waals surface area (Å²) in [6.07, 6.45) is 2.57. The Labute approximate surface area is 124 Å². The van der Waals surface area contributed by atoms with E-state index < -0.39 is 0 Å². The number of rotatable bonds is 5. The minimum Gasteiger partial charge on any atom is -0.496 e. The normalized spacial score (nSPS) is 18.3. The Kier molecular flexibility index (Phi) is 5.67. The summed E-state index contributed by atoms with van der Waals surface area (Å²) in [5.41, 5.74) is 1.29. The van der Waals surface area contributed by atoms with Crippen LogP contribution in [0.1, 0.15) is 31.4 Å². The van der Waals surface area contributed by atoms with Gasteiger partial charge in [0.05, 0.1) is 11.6 Å². The molecule has 106 valence electrons. The number of benzene rings is 1. The first kappa shape index (κ1) is 14.8. The molecule has 1 fully saturated rings. The molecule has 1 atom stereocenters. The first-order chi connectivity index (χ1) is 9.20. The molecule has 3 nitrogen and oxygen atoms in total. The molecule has 0 radical (unpaired) electrons. The summed E-state index contributed by atoms with van der Waals surface area (Å²) in [7, 11) is 1.69. The number of hydrogen-bond acceptors (Lipinski definition) is 3. The van der Waals surface area contributed by atoms with E-state index in [1.54, 1.807) is 7.11 Å².